The number of aromatic nitrogens is 2. The first-order valence-corrected chi connectivity index (χ1v) is 7.83. The zero-order valence-electron chi connectivity index (χ0n) is 13.5. The lowest BCUT2D eigenvalue weighted by atomic mass is 10.1. The van der Waals surface area contributed by atoms with Gasteiger partial charge in [0.25, 0.3) is 0 Å². The van der Waals surface area contributed by atoms with Crippen molar-refractivity contribution >= 4 is 28.6 Å². The van der Waals surface area contributed by atoms with Crippen LogP contribution in [-0.4, -0.2) is 39.8 Å². The summed E-state index contributed by atoms with van der Waals surface area (Å²) >= 11 is 0. The molecule has 1 saturated heterocycles. The second kappa shape index (κ2) is 6.04. The second-order valence-corrected chi connectivity index (χ2v) is 6.06. The van der Waals surface area contributed by atoms with E-state index in [0.29, 0.717) is 6.54 Å². The van der Waals surface area contributed by atoms with E-state index in [1.165, 1.54) is 6.08 Å². The summed E-state index contributed by atoms with van der Waals surface area (Å²) in [4.78, 5) is 18.4. The van der Waals surface area contributed by atoms with Crippen LogP contribution in [0.1, 0.15) is 18.4 Å². The first-order chi connectivity index (χ1) is 11.0. The van der Waals surface area contributed by atoms with Gasteiger partial charge in [-0.3, -0.25) is 4.79 Å². The highest BCUT2D eigenvalue weighted by atomic mass is 16.3. The molecule has 6 nitrogen and oxygen atoms in total. The van der Waals surface area contributed by atoms with Gasteiger partial charge < -0.3 is 19.9 Å². The minimum absolute atomic E-state index is 0.234. The normalized spacial score (nSPS) is 18.2. The molecule has 1 aliphatic rings. The molecule has 1 atom stereocenters. The molecule has 0 spiro atoms. The number of benzene rings is 1. The van der Waals surface area contributed by atoms with Gasteiger partial charge in [-0.1, -0.05) is 6.58 Å². The number of hydrogen-bond donors (Lipinski definition) is 2. The number of piperidine rings is 1. The van der Waals surface area contributed by atoms with Gasteiger partial charge in [0.15, 0.2) is 0 Å². The zero-order valence-corrected chi connectivity index (χ0v) is 13.5. The number of nitrogens with zero attached hydrogens (tertiary/aromatic N) is 3. The molecule has 1 aromatic carbocycles. The minimum Gasteiger partial charge on any atom is -0.391 e. The number of rotatable bonds is 3. The van der Waals surface area contributed by atoms with Gasteiger partial charge in [-0.25, -0.2) is 4.98 Å². The third kappa shape index (κ3) is 2.94. The molecule has 1 aromatic heterocycles. The Labute approximate surface area is 135 Å². The highest BCUT2D eigenvalue weighted by Crippen LogP contribution is 2.28. The molecule has 23 heavy (non-hydrogen) atoms. The molecule has 0 aliphatic carbocycles. The second-order valence-electron chi connectivity index (χ2n) is 6.06. The third-order valence-electron chi connectivity index (χ3n) is 4.33. The number of aryl methyl sites for hydroxylation is 2. The molecule has 3 rings (SSSR count). The molecule has 2 N–H and O–H groups in total. The molecule has 0 bridgehead atoms. The van der Waals surface area contributed by atoms with Crippen LogP contribution in [0.25, 0.3) is 11.0 Å². The first kappa shape index (κ1) is 15.6. The van der Waals surface area contributed by atoms with Gasteiger partial charge in [0, 0.05) is 25.8 Å². The van der Waals surface area contributed by atoms with Gasteiger partial charge in [0.1, 0.15) is 0 Å². The summed E-state index contributed by atoms with van der Waals surface area (Å²) in [5.41, 5.74) is 3.55. The fraction of sp³-hybridized carbons (Fsp3) is 0.412. The van der Waals surface area contributed by atoms with E-state index in [1.807, 2.05) is 30.7 Å². The molecular formula is C17H22N4O2. The monoisotopic (exact) mass is 314 g/mol. The number of imidazole rings is 1. The fourth-order valence-corrected chi connectivity index (χ4v) is 3.07. The number of nitrogens with one attached hydrogen (secondary N) is 1. The van der Waals surface area contributed by atoms with Crippen molar-refractivity contribution in [1.82, 2.24) is 9.55 Å². The van der Waals surface area contributed by atoms with Gasteiger partial charge in [0.2, 0.25) is 11.9 Å². The highest BCUT2D eigenvalue weighted by molar-refractivity contribution is 6.00. The Bertz CT molecular complexity index is 766. The number of carbonyl (C=O) groups excluding carboxylic acids is 1. The lowest BCUT2D eigenvalue weighted by molar-refractivity contribution is -0.111. The number of hydrogen-bond acceptors (Lipinski definition) is 4. The van der Waals surface area contributed by atoms with Crippen molar-refractivity contribution in [2.45, 2.75) is 25.9 Å². The lowest BCUT2D eigenvalue weighted by Gasteiger charge is -2.30. The largest absolute Gasteiger partial charge is 0.391 e. The molecule has 1 amide bonds. The molecule has 1 fully saturated rings. The van der Waals surface area contributed by atoms with Crippen LogP contribution < -0.4 is 10.2 Å². The van der Waals surface area contributed by atoms with Gasteiger partial charge in [-0.05, 0) is 43.5 Å². The predicted octanol–water partition coefficient (Wildman–Crippen LogP) is 1.97. The Hall–Kier alpha value is -2.34. The summed E-state index contributed by atoms with van der Waals surface area (Å²) in [6, 6.07) is 3.90. The molecule has 2 aromatic rings. The summed E-state index contributed by atoms with van der Waals surface area (Å²) in [6.07, 6.45) is 2.76. The molecular weight excluding hydrogens is 292 g/mol. The van der Waals surface area contributed by atoms with Crippen molar-refractivity contribution in [3.63, 3.8) is 0 Å². The maximum Gasteiger partial charge on any atom is 0.247 e. The summed E-state index contributed by atoms with van der Waals surface area (Å²) < 4.78 is 2.04. The Balaban J connectivity index is 2.00. The number of aliphatic hydroxyl groups excluding tert-OH is 1. The van der Waals surface area contributed by atoms with Gasteiger partial charge in [-0.2, -0.15) is 0 Å². The Morgan fingerprint density at radius 1 is 1.52 bits per heavy atom. The van der Waals surface area contributed by atoms with Gasteiger partial charge in [0.05, 0.1) is 17.1 Å². The van der Waals surface area contributed by atoms with E-state index in [0.717, 1.165) is 47.6 Å². The predicted molar refractivity (Wildman–Crippen MR) is 91.7 cm³/mol. The van der Waals surface area contributed by atoms with Crippen molar-refractivity contribution in [2.24, 2.45) is 7.05 Å². The molecule has 0 radical (unpaired) electrons. The fourth-order valence-electron chi connectivity index (χ4n) is 3.07. The molecule has 0 saturated carbocycles. The van der Waals surface area contributed by atoms with Crippen LogP contribution in [-0.2, 0) is 11.8 Å². The number of anilines is 2. The summed E-state index contributed by atoms with van der Waals surface area (Å²) in [6.45, 7) is 6.93. The van der Waals surface area contributed by atoms with E-state index >= 15 is 0 Å². The Kier molecular flexibility index (Phi) is 4.09. The number of β-amino-alcohol motifs (C(OH)–C–C–N with tert-alkyl or cyclic N) is 1. The first-order valence-electron chi connectivity index (χ1n) is 7.83. The molecule has 1 aliphatic heterocycles. The zero-order chi connectivity index (χ0) is 16.6. The van der Waals surface area contributed by atoms with Crippen LogP contribution in [0, 0.1) is 6.92 Å². The van der Waals surface area contributed by atoms with Crippen molar-refractivity contribution < 1.29 is 9.90 Å². The number of amides is 1. The number of carbonyl (C=O) groups is 1. The topological polar surface area (TPSA) is 70.4 Å². The SMILES string of the molecule is C=CC(=O)Nc1cc2nc(N3CCC[C@@H](O)C3)n(C)c2cc1C. The van der Waals surface area contributed by atoms with Crippen LogP contribution in [0.3, 0.4) is 0 Å². The smallest absolute Gasteiger partial charge is 0.247 e. The molecule has 0 unspecified atom stereocenters. The number of fused-ring (bicyclic) bond motifs is 1. The van der Waals surface area contributed by atoms with Crippen LogP contribution in [0.4, 0.5) is 11.6 Å². The minimum atomic E-state index is -0.298. The standard InChI is InChI=1S/C17H22N4O2/c1-4-16(23)18-13-9-14-15(8-11(13)2)20(3)17(19-14)21-7-5-6-12(22)10-21/h4,8-9,12,22H,1,5-7,10H2,2-3H3,(H,18,23)/t12-/m1/s1. The van der Waals surface area contributed by atoms with Gasteiger partial charge >= 0.3 is 0 Å². The van der Waals surface area contributed by atoms with E-state index in [4.69, 9.17) is 4.98 Å². The molecule has 2 heterocycles. The van der Waals surface area contributed by atoms with Crippen LogP contribution >= 0.6 is 0 Å². The van der Waals surface area contributed by atoms with Crippen molar-refractivity contribution in [3.8, 4) is 0 Å². The lowest BCUT2D eigenvalue weighted by Crippen LogP contribution is -2.39. The highest BCUT2D eigenvalue weighted by Gasteiger charge is 2.22. The Morgan fingerprint density at radius 3 is 3.00 bits per heavy atom. The van der Waals surface area contributed by atoms with E-state index in [-0.39, 0.29) is 12.0 Å². The molecule has 122 valence electrons. The third-order valence-corrected chi connectivity index (χ3v) is 4.33. The van der Waals surface area contributed by atoms with Crippen molar-refractivity contribution in [2.75, 3.05) is 23.3 Å². The maximum atomic E-state index is 11.5. The van der Waals surface area contributed by atoms with E-state index < -0.39 is 0 Å². The summed E-state index contributed by atoms with van der Waals surface area (Å²) in [5.74, 6) is 0.619. The van der Waals surface area contributed by atoms with Crippen molar-refractivity contribution in [1.29, 1.82) is 0 Å². The van der Waals surface area contributed by atoms with Crippen molar-refractivity contribution in [3.05, 3.63) is 30.4 Å². The van der Waals surface area contributed by atoms with E-state index in [9.17, 15) is 9.90 Å². The maximum absolute atomic E-state index is 11.5. The van der Waals surface area contributed by atoms with E-state index in [2.05, 4.69) is 16.8 Å². The number of aliphatic hydroxyl groups is 1. The van der Waals surface area contributed by atoms with E-state index in [1.54, 1.807) is 0 Å². The van der Waals surface area contributed by atoms with Crippen LogP contribution in [0.5, 0.6) is 0 Å². The Morgan fingerprint density at radius 2 is 2.30 bits per heavy atom. The van der Waals surface area contributed by atoms with Crippen LogP contribution in [0.2, 0.25) is 0 Å². The van der Waals surface area contributed by atoms with Gasteiger partial charge in [-0.15, -0.1) is 0 Å². The summed E-state index contributed by atoms with van der Waals surface area (Å²) in [7, 11) is 1.98. The average molecular weight is 314 g/mol. The average Bonchev–Trinajstić information content (AvgIpc) is 2.84. The summed E-state index contributed by atoms with van der Waals surface area (Å²) in [5, 5.41) is 12.7. The van der Waals surface area contributed by atoms with Crippen LogP contribution in [0.15, 0.2) is 24.8 Å². The quantitative estimate of drug-likeness (QED) is 0.850. The molecule has 6 heteroatoms.